The van der Waals surface area contributed by atoms with E-state index in [1.54, 1.807) is 12.1 Å². The topological polar surface area (TPSA) is 96.7 Å². The largest absolute Gasteiger partial charge is 0.397 e. The summed E-state index contributed by atoms with van der Waals surface area (Å²) in [5.41, 5.74) is 7.72. The number of carbonyl (C=O) groups is 2. The fourth-order valence-electron chi connectivity index (χ4n) is 3.19. The highest BCUT2D eigenvalue weighted by molar-refractivity contribution is 7.20. The van der Waals surface area contributed by atoms with Crippen molar-refractivity contribution < 1.29 is 14.3 Å². The minimum absolute atomic E-state index is 0.0565. The average molecular weight is 410 g/mol. The lowest BCUT2D eigenvalue weighted by Gasteiger charge is -2.25. The van der Waals surface area contributed by atoms with E-state index >= 15 is 0 Å². The van der Waals surface area contributed by atoms with Gasteiger partial charge in [0, 0.05) is 23.5 Å². The second-order valence-electron chi connectivity index (χ2n) is 6.84. The number of anilines is 3. The van der Waals surface area contributed by atoms with E-state index in [1.807, 2.05) is 36.4 Å². The van der Waals surface area contributed by atoms with Gasteiger partial charge in [0.1, 0.15) is 0 Å². The number of hydrogen-bond donors (Lipinski definition) is 3. The third-order valence-corrected chi connectivity index (χ3v) is 5.82. The molecule has 1 aromatic heterocycles. The Labute approximate surface area is 172 Å². The molecule has 0 atom stereocenters. The number of morpholine rings is 1. The van der Waals surface area contributed by atoms with Gasteiger partial charge in [-0.3, -0.25) is 14.5 Å². The van der Waals surface area contributed by atoms with Gasteiger partial charge in [-0.1, -0.05) is 12.1 Å². The molecule has 0 saturated carbocycles. The van der Waals surface area contributed by atoms with E-state index < -0.39 is 0 Å². The molecule has 7 nitrogen and oxygen atoms in total. The van der Waals surface area contributed by atoms with Gasteiger partial charge in [-0.05, 0) is 41.8 Å². The van der Waals surface area contributed by atoms with Crippen LogP contribution in [0.15, 0.2) is 48.5 Å². The number of ether oxygens (including phenoxy) is 1. The number of benzene rings is 2. The Bertz CT molecular complexity index is 1040. The summed E-state index contributed by atoms with van der Waals surface area (Å²) in [5.74, 6) is -0.263. The minimum Gasteiger partial charge on any atom is -0.397 e. The van der Waals surface area contributed by atoms with Crippen molar-refractivity contribution in [2.75, 3.05) is 49.2 Å². The molecule has 4 N–H and O–H groups in total. The van der Waals surface area contributed by atoms with Gasteiger partial charge in [0.2, 0.25) is 5.91 Å². The molecule has 4 rings (SSSR count). The summed E-state index contributed by atoms with van der Waals surface area (Å²) >= 11 is 1.40. The maximum Gasteiger partial charge on any atom is 0.265 e. The summed E-state index contributed by atoms with van der Waals surface area (Å²) in [6.07, 6.45) is 0. The molecule has 29 heavy (non-hydrogen) atoms. The van der Waals surface area contributed by atoms with Crippen LogP contribution >= 0.6 is 11.3 Å². The molecule has 2 aromatic carbocycles. The smallest absolute Gasteiger partial charge is 0.265 e. The highest BCUT2D eigenvalue weighted by Gasteiger charge is 2.15. The third-order valence-electron chi connectivity index (χ3n) is 4.70. The Kier molecular flexibility index (Phi) is 5.75. The molecule has 1 aliphatic heterocycles. The fraction of sp³-hybridized carbons (Fsp3) is 0.238. The van der Waals surface area contributed by atoms with Crippen molar-refractivity contribution in [2.45, 2.75) is 0 Å². The minimum atomic E-state index is -0.206. The highest BCUT2D eigenvalue weighted by atomic mass is 32.1. The zero-order valence-electron chi connectivity index (χ0n) is 15.8. The fourth-order valence-corrected chi connectivity index (χ4v) is 4.13. The van der Waals surface area contributed by atoms with E-state index in [2.05, 4.69) is 15.5 Å². The Morgan fingerprint density at radius 3 is 2.66 bits per heavy atom. The van der Waals surface area contributed by atoms with Crippen LogP contribution in [0.3, 0.4) is 0 Å². The highest BCUT2D eigenvalue weighted by Crippen LogP contribution is 2.29. The van der Waals surface area contributed by atoms with Crippen molar-refractivity contribution in [1.29, 1.82) is 0 Å². The van der Waals surface area contributed by atoms with E-state index in [9.17, 15) is 9.59 Å². The Hall–Kier alpha value is -2.94. The van der Waals surface area contributed by atoms with Gasteiger partial charge in [0.05, 0.1) is 36.0 Å². The number of nitrogens with one attached hydrogen (secondary N) is 2. The van der Waals surface area contributed by atoms with Crippen molar-refractivity contribution in [3.05, 3.63) is 53.4 Å². The number of fused-ring (bicyclic) bond motifs is 1. The third kappa shape index (κ3) is 4.73. The number of nitrogen functional groups attached to an aromatic ring is 1. The number of nitrogens with two attached hydrogens (primary N) is 1. The molecule has 0 radical (unpaired) electrons. The van der Waals surface area contributed by atoms with E-state index in [0.717, 1.165) is 23.2 Å². The second kappa shape index (κ2) is 8.60. The van der Waals surface area contributed by atoms with Crippen molar-refractivity contribution in [1.82, 2.24) is 4.90 Å². The quantitative estimate of drug-likeness (QED) is 0.562. The molecule has 3 aromatic rings. The molecule has 0 spiro atoms. The van der Waals surface area contributed by atoms with E-state index in [1.165, 1.54) is 11.3 Å². The van der Waals surface area contributed by atoms with Crippen LogP contribution in [0.2, 0.25) is 0 Å². The number of amides is 2. The van der Waals surface area contributed by atoms with Gasteiger partial charge in [-0.2, -0.15) is 0 Å². The summed E-state index contributed by atoms with van der Waals surface area (Å²) in [6.45, 7) is 3.20. The van der Waals surface area contributed by atoms with Gasteiger partial charge in [0.15, 0.2) is 0 Å². The SMILES string of the molecule is Nc1ccccc1NC(=O)c1cc2cc(NC(=O)CN3CCOCC3)ccc2s1. The summed E-state index contributed by atoms with van der Waals surface area (Å²) in [7, 11) is 0. The molecule has 8 heteroatoms. The first kappa shape index (κ1) is 19.4. The standard InChI is InChI=1S/C21H22N4O3S/c22-16-3-1-2-4-17(16)24-21(27)19-12-14-11-15(5-6-18(14)29-19)23-20(26)13-25-7-9-28-10-8-25/h1-6,11-12H,7-10,13,22H2,(H,23,26)(H,24,27). The van der Waals surface area contributed by atoms with Crippen LogP contribution < -0.4 is 16.4 Å². The van der Waals surface area contributed by atoms with Gasteiger partial charge in [0.25, 0.3) is 5.91 Å². The Balaban J connectivity index is 1.43. The summed E-state index contributed by atoms with van der Waals surface area (Å²) < 4.78 is 6.28. The van der Waals surface area contributed by atoms with Crippen molar-refractivity contribution >= 4 is 50.3 Å². The van der Waals surface area contributed by atoms with E-state index in [4.69, 9.17) is 10.5 Å². The maximum atomic E-state index is 12.6. The molecule has 2 amide bonds. The number of thiophene rings is 1. The number of para-hydroxylation sites is 2. The van der Waals surface area contributed by atoms with Crippen LogP contribution in [0.5, 0.6) is 0 Å². The molecular formula is C21H22N4O3S. The zero-order valence-corrected chi connectivity index (χ0v) is 16.6. The lowest BCUT2D eigenvalue weighted by Crippen LogP contribution is -2.41. The zero-order chi connectivity index (χ0) is 20.2. The molecule has 0 unspecified atom stereocenters. The van der Waals surface area contributed by atoms with E-state index in [-0.39, 0.29) is 11.8 Å². The molecule has 0 aliphatic carbocycles. The monoisotopic (exact) mass is 410 g/mol. The lowest BCUT2D eigenvalue weighted by atomic mass is 10.2. The Morgan fingerprint density at radius 2 is 1.86 bits per heavy atom. The Morgan fingerprint density at radius 1 is 1.07 bits per heavy atom. The van der Waals surface area contributed by atoms with Crippen LogP contribution in [-0.4, -0.2) is 49.6 Å². The molecule has 0 bridgehead atoms. The first-order chi connectivity index (χ1) is 14.1. The molecule has 150 valence electrons. The summed E-state index contributed by atoms with van der Waals surface area (Å²) in [5, 5.41) is 6.68. The van der Waals surface area contributed by atoms with Gasteiger partial charge in [-0.25, -0.2) is 0 Å². The number of hydrogen-bond acceptors (Lipinski definition) is 6. The predicted octanol–water partition coefficient (Wildman–Crippen LogP) is 3.01. The summed E-state index contributed by atoms with van der Waals surface area (Å²) in [4.78, 5) is 27.5. The first-order valence-corrected chi connectivity index (χ1v) is 10.2. The van der Waals surface area contributed by atoms with Crippen molar-refractivity contribution in [2.24, 2.45) is 0 Å². The average Bonchev–Trinajstić information content (AvgIpc) is 3.14. The van der Waals surface area contributed by atoms with Crippen LogP contribution in [0, 0.1) is 0 Å². The number of carbonyl (C=O) groups excluding carboxylic acids is 2. The van der Waals surface area contributed by atoms with Crippen molar-refractivity contribution in [3.63, 3.8) is 0 Å². The van der Waals surface area contributed by atoms with Crippen LogP contribution in [0.25, 0.3) is 10.1 Å². The number of nitrogens with zero attached hydrogens (tertiary/aromatic N) is 1. The normalized spacial score (nSPS) is 14.6. The lowest BCUT2D eigenvalue weighted by molar-refractivity contribution is -0.118. The molecular weight excluding hydrogens is 388 g/mol. The van der Waals surface area contributed by atoms with Crippen LogP contribution in [-0.2, 0) is 9.53 Å². The maximum absolute atomic E-state index is 12.6. The molecule has 1 saturated heterocycles. The van der Waals surface area contributed by atoms with Crippen LogP contribution in [0.1, 0.15) is 9.67 Å². The van der Waals surface area contributed by atoms with E-state index in [0.29, 0.717) is 41.7 Å². The predicted molar refractivity (Wildman–Crippen MR) is 117 cm³/mol. The van der Waals surface area contributed by atoms with Crippen molar-refractivity contribution in [3.8, 4) is 0 Å². The molecule has 1 fully saturated rings. The summed E-state index contributed by atoms with van der Waals surface area (Å²) in [6, 6.07) is 14.6. The van der Waals surface area contributed by atoms with Gasteiger partial charge < -0.3 is 21.1 Å². The van der Waals surface area contributed by atoms with Gasteiger partial charge in [-0.15, -0.1) is 11.3 Å². The molecule has 1 aliphatic rings. The first-order valence-electron chi connectivity index (χ1n) is 9.38. The second-order valence-corrected chi connectivity index (χ2v) is 7.93. The van der Waals surface area contributed by atoms with Gasteiger partial charge >= 0.3 is 0 Å². The molecule has 2 heterocycles. The van der Waals surface area contributed by atoms with Crippen LogP contribution in [0.4, 0.5) is 17.1 Å². The number of rotatable bonds is 5.